The molecule has 10 heteroatoms. The van der Waals surface area contributed by atoms with Crippen LogP contribution in [0.25, 0.3) is 0 Å². The number of β-amino-alcohol motifs (C(OH)–C–C–N with tert-alkyl or cyclic N) is 1. The van der Waals surface area contributed by atoms with Crippen LogP contribution in [-0.4, -0.2) is 61.4 Å². The van der Waals surface area contributed by atoms with Crippen LogP contribution in [-0.2, 0) is 6.18 Å². The van der Waals surface area contributed by atoms with Gasteiger partial charge in [-0.3, -0.25) is 4.90 Å². The van der Waals surface area contributed by atoms with Crippen molar-refractivity contribution in [2.45, 2.75) is 34.9 Å². The number of urea groups is 1. The van der Waals surface area contributed by atoms with Gasteiger partial charge in [0.2, 0.25) is 0 Å². The van der Waals surface area contributed by atoms with Crippen LogP contribution in [0.15, 0.2) is 52.3 Å². The zero-order valence-corrected chi connectivity index (χ0v) is 18.9. The van der Waals surface area contributed by atoms with Crippen molar-refractivity contribution in [2.24, 2.45) is 0 Å². The average Bonchev–Trinajstić information content (AvgIpc) is 2.77. The lowest BCUT2D eigenvalue weighted by molar-refractivity contribution is -0.137. The fourth-order valence-electron chi connectivity index (χ4n) is 4.12. The fraction of sp³-hybridized carbons (Fsp3) is 0.435. The van der Waals surface area contributed by atoms with Crippen LogP contribution < -0.4 is 15.5 Å². The molecular weight excluding hydrogens is 453 g/mol. The highest BCUT2D eigenvalue weighted by atomic mass is 32.2. The molecule has 0 spiro atoms. The minimum Gasteiger partial charge on any atom is -0.390 e. The standard InChI is InChI=1S/C23H27F3N4O2S/c24-23(25,26)16-7-8-21-19(13-16)30(18-5-1-2-6-20(18)33-21)15-17(31)14-29-11-4-3-9-27-22(32)28-10-12-29/h1-2,5-8,13,17,31H,3-4,9-12,14-15H2,(H2,27,28,32). The van der Waals surface area contributed by atoms with Crippen LogP contribution >= 0.6 is 11.8 Å². The number of rotatable bonds is 4. The molecule has 0 bridgehead atoms. The maximum absolute atomic E-state index is 13.4. The summed E-state index contributed by atoms with van der Waals surface area (Å²) in [6.07, 6.45) is -3.51. The summed E-state index contributed by atoms with van der Waals surface area (Å²) in [4.78, 5) is 17.2. The molecule has 6 nitrogen and oxygen atoms in total. The molecule has 0 aliphatic carbocycles. The van der Waals surface area contributed by atoms with Gasteiger partial charge in [0, 0.05) is 36.0 Å². The van der Waals surface area contributed by atoms with Crippen LogP contribution in [0.4, 0.5) is 29.3 Å². The van der Waals surface area contributed by atoms with E-state index in [9.17, 15) is 23.1 Å². The Hall–Kier alpha value is -2.43. The van der Waals surface area contributed by atoms with Gasteiger partial charge in [0.1, 0.15) is 0 Å². The number of alkyl halides is 3. The number of carbonyl (C=O) groups excluding carboxylic acids is 1. The second-order valence-corrected chi connectivity index (χ2v) is 9.29. The smallest absolute Gasteiger partial charge is 0.390 e. The number of nitrogens with one attached hydrogen (secondary N) is 2. The van der Waals surface area contributed by atoms with Gasteiger partial charge < -0.3 is 20.6 Å². The van der Waals surface area contributed by atoms with Gasteiger partial charge in [0.25, 0.3) is 0 Å². The number of aliphatic hydroxyl groups is 1. The highest BCUT2D eigenvalue weighted by Gasteiger charge is 2.33. The van der Waals surface area contributed by atoms with Gasteiger partial charge in [-0.1, -0.05) is 23.9 Å². The summed E-state index contributed by atoms with van der Waals surface area (Å²) >= 11 is 1.43. The first-order chi connectivity index (χ1) is 15.8. The highest BCUT2D eigenvalue weighted by molar-refractivity contribution is 7.99. The highest BCUT2D eigenvalue weighted by Crippen LogP contribution is 2.49. The van der Waals surface area contributed by atoms with E-state index in [1.165, 1.54) is 17.8 Å². The molecule has 1 unspecified atom stereocenters. The van der Waals surface area contributed by atoms with Crippen molar-refractivity contribution >= 4 is 29.2 Å². The first kappa shape index (κ1) is 23.7. The Morgan fingerprint density at radius 2 is 1.73 bits per heavy atom. The molecule has 2 aliphatic rings. The molecule has 178 valence electrons. The van der Waals surface area contributed by atoms with Crippen LogP contribution in [0.2, 0.25) is 0 Å². The number of para-hydroxylation sites is 1. The SMILES string of the molecule is O=C1NCCCCN(CC(O)CN2c3ccccc3Sc3ccc(C(F)(F)F)cc32)CCN1. The predicted octanol–water partition coefficient (Wildman–Crippen LogP) is 4.06. The Balaban J connectivity index is 1.53. The molecule has 3 N–H and O–H groups in total. The van der Waals surface area contributed by atoms with Gasteiger partial charge >= 0.3 is 12.2 Å². The summed E-state index contributed by atoms with van der Waals surface area (Å²) in [5.74, 6) is 0. The van der Waals surface area contributed by atoms with Crippen molar-refractivity contribution < 1.29 is 23.1 Å². The molecule has 1 atom stereocenters. The van der Waals surface area contributed by atoms with Gasteiger partial charge in [-0.2, -0.15) is 13.2 Å². The number of aliphatic hydroxyl groups excluding tert-OH is 1. The minimum atomic E-state index is -4.44. The summed E-state index contributed by atoms with van der Waals surface area (Å²) in [5.41, 5.74) is 0.528. The van der Waals surface area contributed by atoms with E-state index in [1.807, 2.05) is 24.3 Å². The van der Waals surface area contributed by atoms with Gasteiger partial charge in [-0.05, 0) is 49.7 Å². The molecule has 4 rings (SSSR count). The van der Waals surface area contributed by atoms with Crippen LogP contribution in [0.5, 0.6) is 0 Å². The molecule has 0 radical (unpaired) electrons. The van der Waals surface area contributed by atoms with Gasteiger partial charge in [-0.15, -0.1) is 0 Å². The molecule has 0 saturated carbocycles. The summed E-state index contributed by atoms with van der Waals surface area (Å²) in [7, 11) is 0. The lowest BCUT2D eigenvalue weighted by Gasteiger charge is -2.35. The first-order valence-corrected chi connectivity index (χ1v) is 11.8. The van der Waals surface area contributed by atoms with Gasteiger partial charge in [0.15, 0.2) is 0 Å². The third kappa shape index (κ3) is 5.93. The summed E-state index contributed by atoms with van der Waals surface area (Å²) in [6.45, 7) is 2.95. The molecule has 33 heavy (non-hydrogen) atoms. The van der Waals surface area contributed by atoms with Crippen molar-refractivity contribution in [3.8, 4) is 0 Å². The minimum absolute atomic E-state index is 0.163. The summed E-state index contributed by atoms with van der Waals surface area (Å²) in [5, 5.41) is 16.5. The molecule has 2 aromatic rings. The van der Waals surface area contributed by atoms with Crippen molar-refractivity contribution in [1.29, 1.82) is 0 Å². The maximum atomic E-state index is 13.4. The quantitative estimate of drug-likeness (QED) is 0.616. The van der Waals surface area contributed by atoms with Crippen molar-refractivity contribution in [3.05, 3.63) is 48.0 Å². The fourth-order valence-corrected chi connectivity index (χ4v) is 5.19. The number of halogens is 3. The van der Waals surface area contributed by atoms with Gasteiger partial charge in [-0.25, -0.2) is 4.79 Å². The lowest BCUT2D eigenvalue weighted by Crippen LogP contribution is -2.45. The van der Waals surface area contributed by atoms with E-state index in [-0.39, 0.29) is 12.6 Å². The van der Waals surface area contributed by atoms with Gasteiger partial charge in [0.05, 0.1) is 29.6 Å². The van der Waals surface area contributed by atoms with E-state index >= 15 is 0 Å². The Kier molecular flexibility index (Phi) is 7.35. The Bertz CT molecular complexity index is 988. The Labute approximate surface area is 195 Å². The van der Waals surface area contributed by atoms with E-state index < -0.39 is 17.8 Å². The topological polar surface area (TPSA) is 67.8 Å². The third-order valence-corrected chi connectivity index (χ3v) is 6.85. The normalized spacial score (nSPS) is 18.5. The number of anilines is 2. The van der Waals surface area contributed by atoms with Crippen LogP contribution in [0.3, 0.4) is 0 Å². The molecule has 2 aliphatic heterocycles. The molecule has 1 fully saturated rings. The summed E-state index contributed by atoms with van der Waals surface area (Å²) in [6, 6.07) is 11.1. The predicted molar refractivity (Wildman–Crippen MR) is 122 cm³/mol. The largest absolute Gasteiger partial charge is 0.416 e. The summed E-state index contributed by atoms with van der Waals surface area (Å²) < 4.78 is 40.2. The number of nitrogens with zero attached hydrogens (tertiary/aromatic N) is 2. The second-order valence-electron chi connectivity index (χ2n) is 8.20. The van der Waals surface area contributed by atoms with E-state index in [1.54, 1.807) is 4.90 Å². The average molecular weight is 481 g/mol. The monoisotopic (exact) mass is 480 g/mol. The zero-order valence-electron chi connectivity index (χ0n) is 18.1. The lowest BCUT2D eigenvalue weighted by atomic mass is 10.1. The molecular formula is C23H27F3N4O2S. The Morgan fingerprint density at radius 3 is 2.55 bits per heavy atom. The number of carbonyl (C=O) groups is 1. The number of hydrogen-bond donors (Lipinski definition) is 3. The first-order valence-electron chi connectivity index (χ1n) is 11.0. The maximum Gasteiger partial charge on any atom is 0.416 e. The molecule has 2 amide bonds. The third-order valence-electron chi connectivity index (χ3n) is 5.72. The number of fused-ring (bicyclic) bond motifs is 2. The van der Waals surface area contributed by atoms with Crippen LogP contribution in [0.1, 0.15) is 18.4 Å². The molecule has 0 aromatic heterocycles. The number of benzene rings is 2. The Morgan fingerprint density at radius 1 is 0.970 bits per heavy atom. The zero-order chi connectivity index (χ0) is 23.4. The van der Waals surface area contributed by atoms with E-state index in [4.69, 9.17) is 0 Å². The van der Waals surface area contributed by atoms with Crippen molar-refractivity contribution in [3.63, 3.8) is 0 Å². The van der Waals surface area contributed by atoms with Crippen molar-refractivity contribution in [2.75, 3.05) is 44.2 Å². The number of hydrogen-bond acceptors (Lipinski definition) is 5. The second kappa shape index (κ2) is 10.2. The number of amides is 2. The van der Waals surface area contributed by atoms with E-state index in [0.29, 0.717) is 31.9 Å². The van der Waals surface area contributed by atoms with E-state index in [0.717, 1.165) is 47.0 Å². The van der Waals surface area contributed by atoms with Crippen molar-refractivity contribution in [1.82, 2.24) is 15.5 Å². The van der Waals surface area contributed by atoms with Crippen LogP contribution in [0, 0.1) is 0 Å². The molecule has 1 saturated heterocycles. The van der Waals surface area contributed by atoms with E-state index in [2.05, 4.69) is 15.5 Å². The molecule has 2 aromatic carbocycles. The molecule has 2 heterocycles.